The van der Waals surface area contributed by atoms with Crippen molar-refractivity contribution < 1.29 is 28.2 Å². The van der Waals surface area contributed by atoms with Gasteiger partial charge in [-0.1, -0.05) is 12.1 Å². The Hall–Kier alpha value is -3.46. The number of aliphatic carboxylic acids is 1. The highest BCUT2D eigenvalue weighted by atomic mass is 32.2. The van der Waals surface area contributed by atoms with Crippen LogP contribution in [-0.2, 0) is 9.53 Å². The van der Waals surface area contributed by atoms with Gasteiger partial charge in [-0.3, -0.25) is 0 Å². The van der Waals surface area contributed by atoms with E-state index in [0.717, 1.165) is 11.8 Å². The van der Waals surface area contributed by atoms with Gasteiger partial charge in [0, 0.05) is 5.56 Å². The van der Waals surface area contributed by atoms with Crippen molar-refractivity contribution in [2.24, 2.45) is 0 Å². The van der Waals surface area contributed by atoms with Crippen molar-refractivity contribution in [1.82, 2.24) is 10.2 Å². The van der Waals surface area contributed by atoms with Gasteiger partial charge in [0.05, 0.1) is 12.7 Å². The number of carbonyl (C=O) groups is 2. The molecule has 28 heavy (non-hydrogen) atoms. The largest absolute Gasteiger partial charge is 0.477 e. The molecule has 0 amide bonds. The first-order valence-electron chi connectivity index (χ1n) is 7.87. The number of rotatable bonds is 6. The van der Waals surface area contributed by atoms with E-state index < -0.39 is 17.8 Å². The van der Waals surface area contributed by atoms with Crippen LogP contribution in [-0.4, -0.2) is 34.4 Å². The number of thioether (sulfide) groups is 1. The number of carboxylic acids is 1. The number of carbonyl (C=O) groups excluding carboxylic acids is 1. The third-order valence-electron chi connectivity index (χ3n) is 3.54. The van der Waals surface area contributed by atoms with E-state index >= 15 is 0 Å². The lowest BCUT2D eigenvalue weighted by atomic mass is 10.1. The minimum absolute atomic E-state index is 0.0270. The highest BCUT2D eigenvalue weighted by Gasteiger charge is 2.16. The fraction of sp³-hybridized carbons (Fsp3) is 0.0526. The number of nitrogens with zero attached hydrogens (tertiary/aromatic N) is 2. The Morgan fingerprint density at radius 1 is 1.11 bits per heavy atom. The molecule has 0 radical (unpaired) electrons. The maximum Gasteiger partial charge on any atom is 0.342 e. The van der Waals surface area contributed by atoms with Gasteiger partial charge in [-0.2, -0.15) is 0 Å². The van der Waals surface area contributed by atoms with Gasteiger partial charge in [0.2, 0.25) is 5.89 Å². The standard InChI is InChI=1S/C19H13FN2O5S/c1-26-18(25)13-4-2-11(3-5-13)10-15(17(23)24)28-19-22-21-16(27-19)12-6-8-14(20)9-7-12/h2-10H,1H3,(H,23,24)/b15-10+. The number of esters is 1. The molecule has 1 N–H and O–H groups in total. The number of aromatic nitrogens is 2. The fourth-order valence-electron chi connectivity index (χ4n) is 2.17. The molecule has 0 saturated heterocycles. The van der Waals surface area contributed by atoms with Crippen LogP contribution in [0.1, 0.15) is 15.9 Å². The monoisotopic (exact) mass is 400 g/mol. The molecule has 3 aromatic rings. The highest BCUT2D eigenvalue weighted by Crippen LogP contribution is 2.30. The first-order chi connectivity index (χ1) is 13.5. The molecule has 0 aliphatic carbocycles. The van der Waals surface area contributed by atoms with Gasteiger partial charge >= 0.3 is 11.9 Å². The van der Waals surface area contributed by atoms with E-state index in [9.17, 15) is 19.1 Å². The van der Waals surface area contributed by atoms with E-state index in [1.807, 2.05) is 0 Å². The number of hydrogen-bond acceptors (Lipinski definition) is 7. The summed E-state index contributed by atoms with van der Waals surface area (Å²) >= 11 is 0.781. The molecule has 0 atom stereocenters. The molecular formula is C19H13FN2O5S. The van der Waals surface area contributed by atoms with Gasteiger partial charge in [0.25, 0.3) is 5.22 Å². The van der Waals surface area contributed by atoms with Gasteiger partial charge in [-0.15, -0.1) is 10.2 Å². The Bertz CT molecular complexity index is 1030. The van der Waals surface area contributed by atoms with Crippen molar-refractivity contribution in [2.75, 3.05) is 7.11 Å². The number of methoxy groups -OCH3 is 1. The summed E-state index contributed by atoms with van der Waals surface area (Å²) in [7, 11) is 1.28. The van der Waals surface area contributed by atoms with E-state index in [1.54, 1.807) is 12.1 Å². The summed E-state index contributed by atoms with van der Waals surface area (Å²) in [5.41, 5.74) is 1.43. The van der Waals surface area contributed by atoms with Gasteiger partial charge < -0.3 is 14.3 Å². The molecule has 0 unspecified atom stereocenters. The summed E-state index contributed by atoms with van der Waals surface area (Å²) in [6, 6.07) is 11.7. The predicted octanol–water partition coefficient (Wildman–Crippen LogP) is 3.88. The molecule has 0 spiro atoms. The van der Waals surface area contributed by atoms with Crippen LogP contribution in [0.2, 0.25) is 0 Å². The highest BCUT2D eigenvalue weighted by molar-refractivity contribution is 8.03. The Morgan fingerprint density at radius 3 is 2.39 bits per heavy atom. The summed E-state index contributed by atoms with van der Waals surface area (Å²) < 4.78 is 23.1. The molecule has 9 heteroatoms. The summed E-state index contributed by atoms with van der Waals surface area (Å²) in [6.45, 7) is 0. The summed E-state index contributed by atoms with van der Waals surface area (Å²) in [6.07, 6.45) is 1.41. The SMILES string of the molecule is COC(=O)c1ccc(/C=C(/Sc2nnc(-c3ccc(F)cc3)o2)C(=O)O)cc1. The molecule has 1 heterocycles. The number of carboxylic acid groups (broad SMARTS) is 1. The molecule has 7 nitrogen and oxygen atoms in total. The van der Waals surface area contributed by atoms with E-state index in [2.05, 4.69) is 14.9 Å². The number of ether oxygens (including phenoxy) is 1. The van der Waals surface area contributed by atoms with Crippen LogP contribution in [0.5, 0.6) is 0 Å². The van der Waals surface area contributed by atoms with Crippen LogP contribution in [0.15, 0.2) is 63.1 Å². The molecule has 3 rings (SSSR count). The number of halogens is 1. The Labute approximate surface area is 162 Å². The van der Waals surface area contributed by atoms with Crippen molar-refractivity contribution in [3.63, 3.8) is 0 Å². The average Bonchev–Trinajstić information content (AvgIpc) is 3.16. The second kappa shape index (κ2) is 8.49. The van der Waals surface area contributed by atoms with Gasteiger partial charge in [0.1, 0.15) is 10.7 Å². The van der Waals surface area contributed by atoms with Crippen LogP contribution < -0.4 is 0 Å². The zero-order chi connectivity index (χ0) is 20.1. The summed E-state index contributed by atoms with van der Waals surface area (Å²) in [5, 5.41) is 17.1. The van der Waals surface area contributed by atoms with Crippen molar-refractivity contribution in [3.8, 4) is 11.5 Å². The number of benzene rings is 2. The molecule has 0 aliphatic heterocycles. The molecule has 0 aliphatic rings. The minimum atomic E-state index is -1.18. The van der Waals surface area contributed by atoms with Crippen molar-refractivity contribution in [2.45, 2.75) is 5.22 Å². The van der Waals surface area contributed by atoms with Crippen LogP contribution in [0.3, 0.4) is 0 Å². The zero-order valence-electron chi connectivity index (χ0n) is 14.5. The predicted molar refractivity (Wildman–Crippen MR) is 98.9 cm³/mol. The van der Waals surface area contributed by atoms with Crippen molar-refractivity contribution >= 4 is 29.8 Å². The second-order valence-electron chi connectivity index (χ2n) is 5.41. The maximum absolute atomic E-state index is 13.0. The lowest BCUT2D eigenvalue weighted by Crippen LogP contribution is -2.00. The van der Waals surface area contributed by atoms with Crippen molar-refractivity contribution in [3.05, 3.63) is 70.4 Å². The number of hydrogen-bond donors (Lipinski definition) is 1. The van der Waals surface area contributed by atoms with Crippen LogP contribution >= 0.6 is 11.8 Å². The Balaban J connectivity index is 1.80. The maximum atomic E-state index is 13.0. The van der Waals surface area contributed by atoms with E-state index in [-0.39, 0.29) is 16.0 Å². The quantitative estimate of drug-likeness (QED) is 0.378. The first-order valence-corrected chi connectivity index (χ1v) is 8.68. The first kappa shape index (κ1) is 19.3. The van der Waals surface area contributed by atoms with E-state index in [0.29, 0.717) is 16.7 Å². The summed E-state index contributed by atoms with van der Waals surface area (Å²) in [5.74, 6) is -1.91. The fourth-order valence-corrected chi connectivity index (χ4v) is 2.85. The van der Waals surface area contributed by atoms with Crippen LogP contribution in [0.25, 0.3) is 17.5 Å². The normalized spacial score (nSPS) is 11.3. The molecular weight excluding hydrogens is 387 g/mol. The second-order valence-corrected chi connectivity index (χ2v) is 6.40. The van der Waals surface area contributed by atoms with Crippen LogP contribution in [0.4, 0.5) is 4.39 Å². The lowest BCUT2D eigenvalue weighted by Gasteiger charge is -2.01. The average molecular weight is 400 g/mol. The molecule has 0 fully saturated rings. The molecule has 2 aromatic carbocycles. The summed E-state index contributed by atoms with van der Waals surface area (Å²) in [4.78, 5) is 22.9. The van der Waals surface area contributed by atoms with Crippen molar-refractivity contribution in [1.29, 1.82) is 0 Å². The van der Waals surface area contributed by atoms with E-state index in [1.165, 1.54) is 49.6 Å². The molecule has 142 valence electrons. The Kier molecular flexibility index (Phi) is 5.85. The van der Waals surface area contributed by atoms with Gasteiger partial charge in [0.15, 0.2) is 0 Å². The molecule has 0 saturated carbocycles. The van der Waals surface area contributed by atoms with Crippen LogP contribution in [0, 0.1) is 5.82 Å². The lowest BCUT2D eigenvalue weighted by molar-refractivity contribution is -0.131. The van der Waals surface area contributed by atoms with Gasteiger partial charge in [-0.25, -0.2) is 14.0 Å². The molecule has 1 aromatic heterocycles. The molecule has 0 bridgehead atoms. The zero-order valence-corrected chi connectivity index (χ0v) is 15.3. The topological polar surface area (TPSA) is 103 Å². The third-order valence-corrected chi connectivity index (χ3v) is 4.39. The Morgan fingerprint density at radius 2 is 1.79 bits per heavy atom. The minimum Gasteiger partial charge on any atom is -0.477 e. The van der Waals surface area contributed by atoms with E-state index in [4.69, 9.17) is 4.42 Å². The smallest absolute Gasteiger partial charge is 0.342 e. The van der Waals surface area contributed by atoms with Gasteiger partial charge in [-0.05, 0) is 59.8 Å². The third kappa shape index (κ3) is 4.63.